The molecule has 1 aromatic carbocycles. The Labute approximate surface area is 175 Å². The minimum absolute atomic E-state index is 0.0321. The van der Waals surface area contributed by atoms with Gasteiger partial charge in [-0.3, -0.25) is 4.98 Å². The van der Waals surface area contributed by atoms with E-state index in [0.29, 0.717) is 36.8 Å². The van der Waals surface area contributed by atoms with Crippen LogP contribution in [-0.4, -0.2) is 39.4 Å². The molecule has 0 aliphatic carbocycles. The van der Waals surface area contributed by atoms with E-state index in [-0.39, 0.29) is 12.7 Å². The van der Waals surface area contributed by atoms with Crippen LogP contribution >= 0.6 is 0 Å². The number of nitrogens with zero attached hydrogens (tertiary/aromatic N) is 4. The van der Waals surface area contributed by atoms with Crippen molar-refractivity contribution in [3.8, 4) is 23.1 Å². The smallest absolute Gasteiger partial charge is 0.137 e. The second-order valence-corrected chi connectivity index (χ2v) is 7.10. The van der Waals surface area contributed by atoms with Crippen LogP contribution in [0.1, 0.15) is 35.5 Å². The molecule has 0 amide bonds. The number of aromatic nitrogens is 3. The Hall–Kier alpha value is -3.34. The van der Waals surface area contributed by atoms with Crippen LogP contribution in [0.15, 0.2) is 48.8 Å². The van der Waals surface area contributed by atoms with Crippen molar-refractivity contribution in [2.24, 2.45) is 0 Å². The van der Waals surface area contributed by atoms with Crippen LogP contribution in [0.4, 0.5) is 0 Å². The first-order valence-electron chi connectivity index (χ1n) is 9.90. The molecule has 7 heteroatoms. The normalized spacial score (nSPS) is 14.3. The average Bonchev–Trinajstić information content (AvgIpc) is 2.80. The molecule has 152 valence electrons. The average molecular weight is 402 g/mol. The Morgan fingerprint density at radius 3 is 2.73 bits per heavy atom. The molecule has 0 radical (unpaired) electrons. The highest BCUT2D eigenvalue weighted by molar-refractivity contribution is 5.64. The van der Waals surface area contributed by atoms with Crippen molar-refractivity contribution in [2.75, 3.05) is 13.2 Å². The van der Waals surface area contributed by atoms with Crippen LogP contribution < -0.4 is 4.74 Å². The number of nitriles is 1. The number of aliphatic hydroxyl groups excluding tert-OH is 1. The van der Waals surface area contributed by atoms with Crippen LogP contribution in [0, 0.1) is 11.3 Å². The highest BCUT2D eigenvalue weighted by atomic mass is 16.5. The van der Waals surface area contributed by atoms with Gasteiger partial charge < -0.3 is 14.6 Å². The number of pyridine rings is 1. The highest BCUT2D eigenvalue weighted by Crippen LogP contribution is 2.27. The van der Waals surface area contributed by atoms with Gasteiger partial charge in [-0.25, -0.2) is 9.97 Å². The summed E-state index contributed by atoms with van der Waals surface area (Å²) in [6, 6.07) is 13.2. The summed E-state index contributed by atoms with van der Waals surface area (Å²) in [5.74, 6) is 1.21. The molecule has 3 aromatic rings. The lowest BCUT2D eigenvalue weighted by Gasteiger charge is -2.23. The first-order chi connectivity index (χ1) is 14.7. The number of ether oxygens (including phenoxy) is 2. The molecule has 1 aliphatic rings. The van der Waals surface area contributed by atoms with Gasteiger partial charge in [-0.05, 0) is 42.0 Å². The third-order valence-corrected chi connectivity index (χ3v) is 4.97. The van der Waals surface area contributed by atoms with Gasteiger partial charge in [0, 0.05) is 36.5 Å². The lowest BCUT2D eigenvalue weighted by Crippen LogP contribution is -2.26. The van der Waals surface area contributed by atoms with E-state index in [0.717, 1.165) is 35.4 Å². The largest absolute Gasteiger partial charge is 0.489 e. The van der Waals surface area contributed by atoms with Gasteiger partial charge in [0.15, 0.2) is 0 Å². The molecular weight excluding hydrogens is 380 g/mol. The zero-order valence-corrected chi connectivity index (χ0v) is 16.5. The minimum Gasteiger partial charge on any atom is -0.489 e. The maximum absolute atomic E-state index is 9.60. The van der Waals surface area contributed by atoms with E-state index in [2.05, 4.69) is 21.0 Å². The van der Waals surface area contributed by atoms with Crippen molar-refractivity contribution < 1.29 is 14.6 Å². The SMILES string of the molecule is N#Cc1cc(-c2ccnc(Cc3cc(CO)ccn3)n2)ccc1OC1CCOCC1. The molecule has 0 atom stereocenters. The number of benzene rings is 1. The van der Waals surface area contributed by atoms with Crippen molar-refractivity contribution in [1.82, 2.24) is 15.0 Å². The van der Waals surface area contributed by atoms with E-state index < -0.39 is 0 Å². The minimum atomic E-state index is -0.0321. The lowest BCUT2D eigenvalue weighted by atomic mass is 10.1. The highest BCUT2D eigenvalue weighted by Gasteiger charge is 2.17. The van der Waals surface area contributed by atoms with E-state index in [1.54, 1.807) is 24.5 Å². The van der Waals surface area contributed by atoms with E-state index in [4.69, 9.17) is 9.47 Å². The quantitative estimate of drug-likeness (QED) is 0.676. The molecule has 7 nitrogen and oxygen atoms in total. The topological polar surface area (TPSA) is 101 Å². The fraction of sp³-hybridized carbons (Fsp3) is 0.304. The van der Waals surface area contributed by atoms with Crippen LogP contribution in [0.25, 0.3) is 11.3 Å². The molecule has 30 heavy (non-hydrogen) atoms. The van der Waals surface area contributed by atoms with Crippen molar-refractivity contribution in [1.29, 1.82) is 5.26 Å². The van der Waals surface area contributed by atoms with Crippen LogP contribution in [0.2, 0.25) is 0 Å². The first-order valence-corrected chi connectivity index (χ1v) is 9.90. The summed E-state index contributed by atoms with van der Waals surface area (Å²) in [7, 11) is 0. The van der Waals surface area contributed by atoms with Gasteiger partial charge in [-0.15, -0.1) is 0 Å². The summed E-state index contributed by atoms with van der Waals surface area (Å²) in [6.07, 6.45) is 5.55. The summed E-state index contributed by atoms with van der Waals surface area (Å²) in [5.41, 5.74) is 3.63. The zero-order valence-electron chi connectivity index (χ0n) is 16.5. The van der Waals surface area contributed by atoms with Gasteiger partial charge in [0.2, 0.25) is 0 Å². The Balaban J connectivity index is 1.54. The molecule has 1 N–H and O–H groups in total. The van der Waals surface area contributed by atoms with Gasteiger partial charge in [-0.2, -0.15) is 5.26 Å². The maximum Gasteiger partial charge on any atom is 0.137 e. The molecule has 0 spiro atoms. The van der Waals surface area contributed by atoms with E-state index in [9.17, 15) is 10.4 Å². The van der Waals surface area contributed by atoms with Gasteiger partial charge >= 0.3 is 0 Å². The van der Waals surface area contributed by atoms with Gasteiger partial charge in [-0.1, -0.05) is 0 Å². The second-order valence-electron chi connectivity index (χ2n) is 7.10. The fourth-order valence-electron chi connectivity index (χ4n) is 3.38. The predicted octanol–water partition coefficient (Wildman–Crippen LogP) is 3.05. The molecule has 0 unspecified atom stereocenters. The van der Waals surface area contributed by atoms with Crippen LogP contribution in [0.3, 0.4) is 0 Å². The van der Waals surface area contributed by atoms with Crippen molar-refractivity contribution in [3.63, 3.8) is 0 Å². The molecule has 4 rings (SSSR count). The molecule has 0 saturated carbocycles. The monoisotopic (exact) mass is 402 g/mol. The lowest BCUT2D eigenvalue weighted by molar-refractivity contribution is 0.0254. The molecule has 1 aliphatic heterocycles. The van der Waals surface area contributed by atoms with E-state index >= 15 is 0 Å². The second kappa shape index (κ2) is 9.44. The third kappa shape index (κ3) is 4.79. The van der Waals surface area contributed by atoms with Crippen molar-refractivity contribution in [2.45, 2.75) is 32.0 Å². The van der Waals surface area contributed by atoms with E-state index in [1.165, 1.54) is 0 Å². The number of rotatable bonds is 6. The number of aliphatic hydroxyl groups is 1. The summed E-state index contributed by atoms with van der Waals surface area (Å²) in [4.78, 5) is 13.3. The molecule has 2 aromatic heterocycles. The Morgan fingerprint density at radius 2 is 1.93 bits per heavy atom. The maximum atomic E-state index is 9.60. The summed E-state index contributed by atoms with van der Waals surface area (Å²) >= 11 is 0. The summed E-state index contributed by atoms with van der Waals surface area (Å²) in [6.45, 7) is 1.34. The Bertz CT molecular complexity index is 1060. The number of hydrogen-bond donors (Lipinski definition) is 1. The van der Waals surface area contributed by atoms with Gasteiger partial charge in [0.1, 0.15) is 23.7 Å². The Morgan fingerprint density at radius 1 is 1.10 bits per heavy atom. The predicted molar refractivity (Wildman–Crippen MR) is 110 cm³/mol. The third-order valence-electron chi connectivity index (χ3n) is 4.97. The first kappa shape index (κ1) is 20.0. The molecule has 1 fully saturated rings. The van der Waals surface area contributed by atoms with Crippen LogP contribution in [-0.2, 0) is 17.8 Å². The van der Waals surface area contributed by atoms with E-state index in [1.807, 2.05) is 24.3 Å². The van der Waals surface area contributed by atoms with Gasteiger partial charge in [0.05, 0.1) is 37.5 Å². The summed E-state index contributed by atoms with van der Waals surface area (Å²) in [5, 5.41) is 18.9. The van der Waals surface area contributed by atoms with Gasteiger partial charge in [0.25, 0.3) is 0 Å². The zero-order chi connectivity index (χ0) is 20.8. The van der Waals surface area contributed by atoms with Crippen molar-refractivity contribution in [3.05, 3.63) is 71.4 Å². The molecule has 1 saturated heterocycles. The molecule has 3 heterocycles. The molecular formula is C23H22N4O3. The summed E-state index contributed by atoms with van der Waals surface area (Å²) < 4.78 is 11.4. The number of hydrogen-bond acceptors (Lipinski definition) is 7. The Kier molecular flexibility index (Phi) is 6.28. The standard InChI is InChI=1S/C23H22N4O3/c24-14-18-12-17(1-2-22(18)30-20-5-9-29-10-6-20)21-4-8-26-23(27-21)13-19-11-16(15-28)3-7-25-19/h1-4,7-8,11-12,20,28H,5-6,9-10,13,15H2. The fourth-order valence-corrected chi connectivity index (χ4v) is 3.38. The van der Waals surface area contributed by atoms with Crippen molar-refractivity contribution >= 4 is 0 Å². The van der Waals surface area contributed by atoms with Crippen LogP contribution in [0.5, 0.6) is 5.75 Å². The molecule has 0 bridgehead atoms.